The molecular weight excluding hydrogens is 285 g/mol. The van der Waals surface area contributed by atoms with Crippen molar-refractivity contribution in [1.82, 2.24) is 4.98 Å². The van der Waals surface area contributed by atoms with Crippen LogP contribution >= 0.6 is 0 Å². The number of pyridine rings is 1. The molecule has 4 nitrogen and oxygen atoms in total. The van der Waals surface area contributed by atoms with Crippen LogP contribution in [0.3, 0.4) is 0 Å². The van der Waals surface area contributed by atoms with E-state index in [2.05, 4.69) is 9.72 Å². The lowest BCUT2D eigenvalue weighted by Crippen LogP contribution is -2.17. The average Bonchev–Trinajstić information content (AvgIpc) is 2.45. The predicted octanol–water partition coefficient (Wildman–Crippen LogP) is 3.53. The van der Waals surface area contributed by atoms with Gasteiger partial charge in [-0.3, -0.25) is 0 Å². The Bertz CT molecular complexity index is 693. The molecular formula is C14H9F3N2O2. The fraction of sp³-hybridized carbons (Fsp3) is 0.143. The summed E-state index contributed by atoms with van der Waals surface area (Å²) in [5, 5.41) is 8.89. The van der Waals surface area contributed by atoms with Crippen molar-refractivity contribution in [3.05, 3.63) is 42.1 Å². The van der Waals surface area contributed by atoms with Crippen LogP contribution < -0.4 is 9.47 Å². The first kappa shape index (κ1) is 14.7. The number of nitriles is 1. The molecule has 2 rings (SSSR count). The Balaban J connectivity index is 2.43. The van der Waals surface area contributed by atoms with Crippen LogP contribution in [0, 0.1) is 11.3 Å². The number of benzene rings is 1. The first-order valence-corrected chi connectivity index (χ1v) is 5.73. The maximum absolute atomic E-state index is 12.2. The molecule has 2 aromatic rings. The van der Waals surface area contributed by atoms with E-state index in [-0.39, 0.29) is 11.4 Å². The molecule has 0 radical (unpaired) electrons. The van der Waals surface area contributed by atoms with Gasteiger partial charge >= 0.3 is 6.36 Å². The largest absolute Gasteiger partial charge is 0.573 e. The Labute approximate surface area is 118 Å². The molecule has 1 aromatic carbocycles. The van der Waals surface area contributed by atoms with Gasteiger partial charge in [0.05, 0.1) is 12.8 Å². The first-order valence-electron chi connectivity index (χ1n) is 5.73. The third kappa shape index (κ3) is 3.86. The highest BCUT2D eigenvalue weighted by Crippen LogP contribution is 2.28. The maximum atomic E-state index is 12.2. The van der Waals surface area contributed by atoms with Crippen molar-refractivity contribution in [2.45, 2.75) is 6.36 Å². The molecule has 0 bridgehead atoms. The molecule has 0 amide bonds. The van der Waals surface area contributed by atoms with Crippen molar-refractivity contribution in [3.8, 4) is 28.8 Å². The standard InChI is InChI=1S/C14H9F3N2O2/c1-20-12-6-10(8-18)19-13(7-12)9-3-2-4-11(5-9)21-14(15,16)17/h2-7H,1H3. The fourth-order valence-electron chi connectivity index (χ4n) is 1.68. The highest BCUT2D eigenvalue weighted by molar-refractivity contribution is 5.63. The lowest BCUT2D eigenvalue weighted by atomic mass is 10.1. The Hall–Kier alpha value is -2.75. The van der Waals surface area contributed by atoms with Crippen LogP contribution in [-0.2, 0) is 0 Å². The van der Waals surface area contributed by atoms with E-state index in [1.807, 2.05) is 6.07 Å². The quantitative estimate of drug-likeness (QED) is 0.869. The number of hydrogen-bond acceptors (Lipinski definition) is 4. The summed E-state index contributed by atoms with van der Waals surface area (Å²) in [4.78, 5) is 4.03. The number of nitrogens with zero attached hydrogens (tertiary/aromatic N) is 2. The van der Waals surface area contributed by atoms with Crippen LogP contribution in [0.5, 0.6) is 11.5 Å². The van der Waals surface area contributed by atoms with Gasteiger partial charge in [-0.15, -0.1) is 13.2 Å². The van der Waals surface area contributed by atoms with Gasteiger partial charge in [0.2, 0.25) is 0 Å². The second kappa shape index (κ2) is 5.71. The molecule has 0 spiro atoms. The molecule has 0 aliphatic carbocycles. The zero-order chi connectivity index (χ0) is 15.5. The minimum atomic E-state index is -4.77. The summed E-state index contributed by atoms with van der Waals surface area (Å²) >= 11 is 0. The van der Waals surface area contributed by atoms with E-state index in [0.29, 0.717) is 17.0 Å². The molecule has 0 unspecified atom stereocenters. The van der Waals surface area contributed by atoms with Gasteiger partial charge in [0, 0.05) is 17.7 Å². The van der Waals surface area contributed by atoms with Gasteiger partial charge in [0.15, 0.2) is 0 Å². The molecule has 0 N–H and O–H groups in total. The summed E-state index contributed by atoms with van der Waals surface area (Å²) in [5.74, 6) is 0.0295. The third-order valence-corrected chi connectivity index (χ3v) is 2.51. The van der Waals surface area contributed by atoms with E-state index in [1.54, 1.807) is 6.07 Å². The number of alkyl halides is 3. The minimum absolute atomic E-state index is 0.103. The van der Waals surface area contributed by atoms with E-state index < -0.39 is 6.36 Å². The summed E-state index contributed by atoms with van der Waals surface area (Å²) in [5.41, 5.74) is 0.803. The monoisotopic (exact) mass is 294 g/mol. The van der Waals surface area contributed by atoms with E-state index in [9.17, 15) is 13.2 Å². The van der Waals surface area contributed by atoms with Crippen LogP contribution in [-0.4, -0.2) is 18.5 Å². The van der Waals surface area contributed by atoms with Gasteiger partial charge < -0.3 is 9.47 Å². The number of ether oxygens (including phenoxy) is 2. The summed E-state index contributed by atoms with van der Waals surface area (Å²) < 4.78 is 45.5. The van der Waals surface area contributed by atoms with Crippen molar-refractivity contribution in [3.63, 3.8) is 0 Å². The zero-order valence-electron chi connectivity index (χ0n) is 10.8. The summed E-state index contributed by atoms with van der Waals surface area (Å²) in [7, 11) is 1.42. The van der Waals surface area contributed by atoms with Gasteiger partial charge in [0.1, 0.15) is 23.3 Å². The Morgan fingerprint density at radius 2 is 1.90 bits per heavy atom. The van der Waals surface area contributed by atoms with Crippen LogP contribution in [0.4, 0.5) is 13.2 Å². The number of hydrogen-bond donors (Lipinski definition) is 0. The maximum Gasteiger partial charge on any atom is 0.573 e. The van der Waals surface area contributed by atoms with Crippen molar-refractivity contribution < 1.29 is 22.6 Å². The molecule has 0 fully saturated rings. The van der Waals surface area contributed by atoms with E-state index >= 15 is 0 Å². The van der Waals surface area contributed by atoms with Crippen LogP contribution in [0.2, 0.25) is 0 Å². The van der Waals surface area contributed by atoms with Crippen LogP contribution in [0.25, 0.3) is 11.3 Å². The molecule has 0 saturated carbocycles. The number of rotatable bonds is 3. The lowest BCUT2D eigenvalue weighted by molar-refractivity contribution is -0.274. The Morgan fingerprint density at radius 3 is 2.52 bits per heavy atom. The van der Waals surface area contributed by atoms with Gasteiger partial charge in [-0.25, -0.2) is 4.98 Å². The van der Waals surface area contributed by atoms with Crippen LogP contribution in [0.15, 0.2) is 36.4 Å². The van der Waals surface area contributed by atoms with E-state index in [0.717, 1.165) is 0 Å². The average molecular weight is 294 g/mol. The second-order valence-electron chi connectivity index (χ2n) is 3.96. The first-order chi connectivity index (χ1) is 9.91. The number of aromatic nitrogens is 1. The molecule has 0 atom stereocenters. The topological polar surface area (TPSA) is 55.1 Å². The molecule has 1 heterocycles. The van der Waals surface area contributed by atoms with E-state index in [4.69, 9.17) is 10.00 Å². The zero-order valence-corrected chi connectivity index (χ0v) is 10.8. The summed E-state index contributed by atoms with van der Waals surface area (Å²) in [6.07, 6.45) is -4.77. The van der Waals surface area contributed by atoms with Gasteiger partial charge in [-0.05, 0) is 12.1 Å². The third-order valence-electron chi connectivity index (χ3n) is 2.51. The highest BCUT2D eigenvalue weighted by Gasteiger charge is 2.31. The summed E-state index contributed by atoms with van der Waals surface area (Å²) in [6.45, 7) is 0. The van der Waals surface area contributed by atoms with E-state index in [1.165, 1.54) is 37.4 Å². The minimum Gasteiger partial charge on any atom is -0.497 e. The molecule has 7 heteroatoms. The smallest absolute Gasteiger partial charge is 0.497 e. The molecule has 0 aliphatic rings. The van der Waals surface area contributed by atoms with Gasteiger partial charge in [0.25, 0.3) is 0 Å². The number of methoxy groups -OCH3 is 1. The molecule has 21 heavy (non-hydrogen) atoms. The molecule has 0 aliphatic heterocycles. The molecule has 0 saturated heterocycles. The van der Waals surface area contributed by atoms with Gasteiger partial charge in [-0.1, -0.05) is 12.1 Å². The predicted molar refractivity (Wildman–Crippen MR) is 67.6 cm³/mol. The van der Waals surface area contributed by atoms with Crippen molar-refractivity contribution in [1.29, 1.82) is 5.26 Å². The fourth-order valence-corrected chi connectivity index (χ4v) is 1.68. The van der Waals surface area contributed by atoms with Crippen molar-refractivity contribution in [2.24, 2.45) is 0 Å². The molecule has 108 valence electrons. The summed E-state index contributed by atoms with van der Waals surface area (Å²) in [6, 6.07) is 10.2. The highest BCUT2D eigenvalue weighted by atomic mass is 19.4. The van der Waals surface area contributed by atoms with Gasteiger partial charge in [-0.2, -0.15) is 5.26 Å². The molecule has 1 aromatic heterocycles. The Morgan fingerprint density at radius 1 is 1.14 bits per heavy atom. The van der Waals surface area contributed by atoms with Crippen LogP contribution in [0.1, 0.15) is 5.69 Å². The second-order valence-corrected chi connectivity index (χ2v) is 3.96. The van der Waals surface area contributed by atoms with Crippen molar-refractivity contribution in [2.75, 3.05) is 7.11 Å². The number of halogens is 3. The lowest BCUT2D eigenvalue weighted by Gasteiger charge is -2.10. The Kier molecular flexibility index (Phi) is 3.98. The normalized spacial score (nSPS) is 10.8. The van der Waals surface area contributed by atoms with Crippen molar-refractivity contribution >= 4 is 0 Å². The SMILES string of the molecule is COc1cc(C#N)nc(-c2cccc(OC(F)(F)F)c2)c1.